The number of hydrogen-bond donors (Lipinski definition) is 1. The quantitative estimate of drug-likeness (QED) is 0.701. The summed E-state index contributed by atoms with van der Waals surface area (Å²) in [5.41, 5.74) is 1.36. The van der Waals surface area contributed by atoms with Crippen LogP contribution in [0.4, 0.5) is 0 Å². The van der Waals surface area contributed by atoms with Crippen molar-refractivity contribution in [3.05, 3.63) is 53.2 Å². The number of H-pyrrole nitrogens is 1. The lowest BCUT2D eigenvalue weighted by molar-refractivity contribution is 0.959. The van der Waals surface area contributed by atoms with Crippen LogP contribution in [0, 0.1) is 0 Å². The van der Waals surface area contributed by atoms with Gasteiger partial charge in [0.1, 0.15) is 0 Å². The van der Waals surface area contributed by atoms with Gasteiger partial charge in [-0.25, -0.2) is 4.98 Å². The smallest absolute Gasteiger partial charge is 0.254 e. The van der Waals surface area contributed by atoms with Crippen LogP contribution in [0.2, 0.25) is 0 Å². The van der Waals surface area contributed by atoms with E-state index in [4.69, 9.17) is 0 Å². The van der Waals surface area contributed by atoms with E-state index in [1.165, 1.54) is 6.33 Å². The van der Waals surface area contributed by atoms with Crippen molar-refractivity contribution in [2.75, 3.05) is 0 Å². The number of nitrogens with one attached hydrogen (secondary N) is 1. The minimum absolute atomic E-state index is 0.0910. The Balaban J connectivity index is 3.16. The molecule has 0 unspecified atom stereocenters. The van der Waals surface area contributed by atoms with Gasteiger partial charge in [-0.05, 0) is 6.42 Å². The summed E-state index contributed by atoms with van der Waals surface area (Å²) in [5.74, 6) is 0. The Morgan fingerprint density at radius 2 is 2.08 bits per heavy atom. The summed E-state index contributed by atoms with van der Waals surface area (Å²) in [4.78, 5) is 17.9. The lowest BCUT2D eigenvalue weighted by Crippen LogP contribution is -2.15. The van der Waals surface area contributed by atoms with Crippen molar-refractivity contribution in [1.29, 1.82) is 0 Å². The van der Waals surface area contributed by atoms with Crippen LogP contribution in [-0.4, -0.2) is 9.97 Å². The van der Waals surface area contributed by atoms with Crippen molar-refractivity contribution >= 4 is 0 Å². The molecule has 0 saturated heterocycles. The predicted octanol–water partition coefficient (Wildman–Crippen LogP) is 1.23. The number of rotatable bonds is 4. The zero-order valence-corrected chi connectivity index (χ0v) is 7.42. The van der Waals surface area contributed by atoms with E-state index in [1.807, 2.05) is 0 Å². The highest BCUT2D eigenvalue weighted by Crippen LogP contribution is 2.01. The molecule has 0 amide bonds. The average molecular weight is 176 g/mol. The van der Waals surface area contributed by atoms with Gasteiger partial charge in [0.05, 0.1) is 12.0 Å². The SMILES string of the molecule is C=CCc1nc[nH]c(=O)c1CC=C. The highest BCUT2D eigenvalue weighted by Gasteiger charge is 2.04. The largest absolute Gasteiger partial charge is 0.313 e. The van der Waals surface area contributed by atoms with E-state index in [1.54, 1.807) is 12.2 Å². The summed E-state index contributed by atoms with van der Waals surface area (Å²) in [6.45, 7) is 7.20. The summed E-state index contributed by atoms with van der Waals surface area (Å²) < 4.78 is 0. The van der Waals surface area contributed by atoms with E-state index >= 15 is 0 Å². The molecule has 1 N–H and O–H groups in total. The predicted molar refractivity (Wildman–Crippen MR) is 52.7 cm³/mol. The fraction of sp³-hybridized carbons (Fsp3) is 0.200. The molecule has 0 bridgehead atoms. The van der Waals surface area contributed by atoms with Gasteiger partial charge in [-0.3, -0.25) is 4.79 Å². The number of nitrogens with zero attached hydrogens (tertiary/aromatic N) is 1. The second-order valence-corrected chi connectivity index (χ2v) is 2.64. The first-order chi connectivity index (χ1) is 6.29. The standard InChI is InChI=1S/C10H12N2O/c1-3-5-8-9(6-4-2)11-7-12-10(8)13/h3-4,7H,1-2,5-6H2,(H,11,12,13). The van der Waals surface area contributed by atoms with Crippen LogP contribution < -0.4 is 5.56 Å². The molecule has 0 aliphatic heterocycles. The van der Waals surface area contributed by atoms with Gasteiger partial charge >= 0.3 is 0 Å². The van der Waals surface area contributed by atoms with Crippen LogP contribution in [0.15, 0.2) is 36.4 Å². The van der Waals surface area contributed by atoms with Crippen LogP contribution in [0.3, 0.4) is 0 Å². The van der Waals surface area contributed by atoms with Gasteiger partial charge in [-0.2, -0.15) is 0 Å². The van der Waals surface area contributed by atoms with Gasteiger partial charge in [0, 0.05) is 12.0 Å². The van der Waals surface area contributed by atoms with E-state index in [-0.39, 0.29) is 5.56 Å². The summed E-state index contributed by atoms with van der Waals surface area (Å²) in [5, 5.41) is 0. The first kappa shape index (κ1) is 9.45. The Morgan fingerprint density at radius 1 is 1.38 bits per heavy atom. The minimum Gasteiger partial charge on any atom is -0.313 e. The molecular weight excluding hydrogens is 164 g/mol. The van der Waals surface area contributed by atoms with E-state index in [0.29, 0.717) is 18.4 Å². The Hall–Kier alpha value is -1.64. The lowest BCUT2D eigenvalue weighted by atomic mass is 10.1. The molecule has 3 heteroatoms. The van der Waals surface area contributed by atoms with E-state index in [0.717, 1.165) is 5.69 Å². The van der Waals surface area contributed by atoms with Crippen molar-refractivity contribution < 1.29 is 0 Å². The number of allylic oxidation sites excluding steroid dienone is 2. The maximum Gasteiger partial charge on any atom is 0.254 e. The molecular formula is C10H12N2O. The maximum atomic E-state index is 11.3. The molecule has 0 saturated carbocycles. The normalized spacial score (nSPS) is 9.54. The molecule has 0 fully saturated rings. The van der Waals surface area contributed by atoms with Gasteiger partial charge < -0.3 is 4.98 Å². The molecule has 68 valence electrons. The second-order valence-electron chi connectivity index (χ2n) is 2.64. The zero-order valence-electron chi connectivity index (χ0n) is 7.42. The number of aromatic amines is 1. The number of hydrogen-bond acceptors (Lipinski definition) is 2. The fourth-order valence-electron chi connectivity index (χ4n) is 1.13. The highest BCUT2D eigenvalue weighted by atomic mass is 16.1. The first-order valence-corrected chi connectivity index (χ1v) is 4.06. The molecule has 3 nitrogen and oxygen atoms in total. The van der Waals surface area contributed by atoms with Gasteiger partial charge in [0.2, 0.25) is 0 Å². The molecule has 13 heavy (non-hydrogen) atoms. The van der Waals surface area contributed by atoms with Gasteiger partial charge in [-0.1, -0.05) is 12.2 Å². The molecule has 0 aromatic carbocycles. The zero-order chi connectivity index (χ0) is 9.68. The van der Waals surface area contributed by atoms with Crippen molar-refractivity contribution in [2.24, 2.45) is 0 Å². The molecule has 0 radical (unpaired) electrons. The van der Waals surface area contributed by atoms with Crippen LogP contribution in [-0.2, 0) is 12.8 Å². The topological polar surface area (TPSA) is 45.8 Å². The molecule has 0 spiro atoms. The average Bonchev–Trinajstić information content (AvgIpc) is 2.11. The third-order valence-corrected chi connectivity index (χ3v) is 1.72. The molecule has 1 rings (SSSR count). The molecule has 0 aliphatic carbocycles. The lowest BCUT2D eigenvalue weighted by Gasteiger charge is -2.01. The van der Waals surface area contributed by atoms with E-state index < -0.39 is 0 Å². The van der Waals surface area contributed by atoms with Crippen LogP contribution >= 0.6 is 0 Å². The Bertz CT molecular complexity index is 365. The second kappa shape index (κ2) is 4.40. The van der Waals surface area contributed by atoms with Crippen molar-refractivity contribution in [3.8, 4) is 0 Å². The first-order valence-electron chi connectivity index (χ1n) is 4.06. The molecule has 0 atom stereocenters. The molecule has 0 aliphatic rings. The van der Waals surface area contributed by atoms with Crippen LogP contribution in [0.5, 0.6) is 0 Å². The molecule has 1 aromatic heterocycles. The third-order valence-electron chi connectivity index (χ3n) is 1.72. The summed E-state index contributed by atoms with van der Waals surface area (Å²) in [6.07, 6.45) is 6.00. The maximum absolute atomic E-state index is 11.3. The van der Waals surface area contributed by atoms with Crippen LogP contribution in [0.25, 0.3) is 0 Å². The summed E-state index contributed by atoms with van der Waals surface area (Å²) in [6, 6.07) is 0. The molecule has 1 heterocycles. The van der Waals surface area contributed by atoms with Gasteiger partial charge in [-0.15, -0.1) is 13.2 Å². The van der Waals surface area contributed by atoms with Crippen molar-refractivity contribution in [2.45, 2.75) is 12.8 Å². The fourth-order valence-corrected chi connectivity index (χ4v) is 1.13. The van der Waals surface area contributed by atoms with E-state index in [9.17, 15) is 4.79 Å². The number of aromatic nitrogens is 2. The van der Waals surface area contributed by atoms with Crippen molar-refractivity contribution in [1.82, 2.24) is 9.97 Å². The highest BCUT2D eigenvalue weighted by molar-refractivity contribution is 5.20. The van der Waals surface area contributed by atoms with Gasteiger partial charge in [0.15, 0.2) is 0 Å². The Labute approximate surface area is 76.8 Å². The Morgan fingerprint density at radius 3 is 2.69 bits per heavy atom. The minimum atomic E-state index is -0.0910. The summed E-state index contributed by atoms with van der Waals surface area (Å²) in [7, 11) is 0. The Kier molecular flexibility index (Phi) is 3.20. The monoisotopic (exact) mass is 176 g/mol. The molecule has 1 aromatic rings. The van der Waals surface area contributed by atoms with Gasteiger partial charge in [0.25, 0.3) is 5.56 Å². The van der Waals surface area contributed by atoms with E-state index in [2.05, 4.69) is 23.1 Å². The summed E-state index contributed by atoms with van der Waals surface area (Å²) >= 11 is 0. The van der Waals surface area contributed by atoms with Crippen molar-refractivity contribution in [3.63, 3.8) is 0 Å². The third kappa shape index (κ3) is 2.15. The van der Waals surface area contributed by atoms with Crippen LogP contribution in [0.1, 0.15) is 11.3 Å².